The van der Waals surface area contributed by atoms with Crippen molar-refractivity contribution in [2.45, 2.75) is 44.4 Å². The summed E-state index contributed by atoms with van der Waals surface area (Å²) in [6.45, 7) is 5.22. The smallest absolute Gasteiger partial charge is 0.233 e. The molecule has 2 heterocycles. The van der Waals surface area contributed by atoms with Gasteiger partial charge in [-0.2, -0.15) is 0 Å². The van der Waals surface area contributed by atoms with E-state index >= 15 is 0 Å². The maximum Gasteiger partial charge on any atom is 0.233 e. The van der Waals surface area contributed by atoms with Gasteiger partial charge in [-0.15, -0.1) is 10.2 Å². The van der Waals surface area contributed by atoms with Crippen LogP contribution in [0.4, 0.5) is 0 Å². The molecule has 0 N–H and O–H groups in total. The van der Waals surface area contributed by atoms with Crippen molar-refractivity contribution >= 4 is 39.1 Å². The summed E-state index contributed by atoms with van der Waals surface area (Å²) in [5.74, 6) is 1.10. The van der Waals surface area contributed by atoms with E-state index in [1.807, 2.05) is 30.5 Å². The molecule has 1 aliphatic rings. The number of sulfone groups is 1. The van der Waals surface area contributed by atoms with Crippen LogP contribution in [0.1, 0.15) is 26.7 Å². The summed E-state index contributed by atoms with van der Waals surface area (Å²) in [6, 6.07) is 7.17. The Kier molecular flexibility index (Phi) is 7.23. The number of carbonyl (C=O) groups is 1. The summed E-state index contributed by atoms with van der Waals surface area (Å²) >= 11 is 7.30. The Morgan fingerprint density at radius 3 is 2.59 bits per heavy atom. The topological polar surface area (TPSA) is 85.2 Å². The lowest BCUT2D eigenvalue weighted by Crippen LogP contribution is -2.42. The maximum absolute atomic E-state index is 12.9. The molecular formula is C19H25ClN4O3S2. The van der Waals surface area contributed by atoms with Crippen LogP contribution in [-0.4, -0.2) is 63.8 Å². The molecule has 3 rings (SSSR count). The number of nitrogens with zero attached hydrogens (tertiary/aromatic N) is 4. The molecule has 1 aliphatic heterocycles. The third-order valence-electron chi connectivity index (χ3n) is 4.89. The molecule has 10 heteroatoms. The molecule has 0 aliphatic carbocycles. The van der Waals surface area contributed by atoms with E-state index < -0.39 is 9.84 Å². The number of thioether (sulfide) groups is 1. The second-order valence-corrected chi connectivity index (χ2v) is 10.6. The SMILES string of the molecule is CCCN(C(=O)CSc1nnc(-c2ccc(Cl)cc2)n1CC)C1CCS(=O)(=O)C1. The zero-order chi connectivity index (χ0) is 21.0. The van der Waals surface area contributed by atoms with Crippen molar-refractivity contribution in [3.05, 3.63) is 29.3 Å². The Balaban J connectivity index is 1.71. The molecule has 1 amide bonds. The van der Waals surface area contributed by atoms with Gasteiger partial charge in [0.05, 0.1) is 17.3 Å². The molecule has 1 atom stereocenters. The van der Waals surface area contributed by atoms with Crippen LogP contribution in [0, 0.1) is 0 Å². The van der Waals surface area contributed by atoms with Gasteiger partial charge in [-0.1, -0.05) is 30.3 Å². The Hall–Kier alpha value is -1.58. The van der Waals surface area contributed by atoms with E-state index in [9.17, 15) is 13.2 Å². The van der Waals surface area contributed by atoms with Gasteiger partial charge >= 0.3 is 0 Å². The average Bonchev–Trinajstić information content (AvgIpc) is 3.27. The quantitative estimate of drug-likeness (QED) is 0.567. The third-order valence-corrected chi connectivity index (χ3v) is 7.85. The first-order valence-electron chi connectivity index (χ1n) is 9.66. The van der Waals surface area contributed by atoms with E-state index in [0.717, 1.165) is 17.8 Å². The predicted octanol–water partition coefficient (Wildman–Crippen LogP) is 3.14. The van der Waals surface area contributed by atoms with E-state index in [4.69, 9.17) is 11.6 Å². The van der Waals surface area contributed by atoms with Crippen LogP contribution in [0.5, 0.6) is 0 Å². The van der Waals surface area contributed by atoms with E-state index in [1.165, 1.54) is 11.8 Å². The number of benzene rings is 1. The van der Waals surface area contributed by atoms with Crippen LogP contribution in [-0.2, 0) is 21.2 Å². The van der Waals surface area contributed by atoms with Gasteiger partial charge in [-0.3, -0.25) is 4.79 Å². The summed E-state index contributed by atoms with van der Waals surface area (Å²) in [4.78, 5) is 14.6. The molecular weight excluding hydrogens is 432 g/mol. The minimum Gasteiger partial charge on any atom is -0.338 e. The van der Waals surface area contributed by atoms with Gasteiger partial charge < -0.3 is 9.47 Å². The van der Waals surface area contributed by atoms with Crippen molar-refractivity contribution in [3.8, 4) is 11.4 Å². The highest BCUT2D eigenvalue weighted by Gasteiger charge is 2.34. The number of aromatic nitrogens is 3. The second-order valence-electron chi connectivity index (χ2n) is 6.99. The fourth-order valence-electron chi connectivity index (χ4n) is 3.48. The van der Waals surface area contributed by atoms with Crippen molar-refractivity contribution in [1.82, 2.24) is 19.7 Å². The zero-order valence-electron chi connectivity index (χ0n) is 16.5. The van der Waals surface area contributed by atoms with Crippen molar-refractivity contribution in [1.29, 1.82) is 0 Å². The molecule has 1 aromatic carbocycles. The Bertz CT molecular complexity index is 960. The summed E-state index contributed by atoms with van der Waals surface area (Å²) in [6.07, 6.45) is 1.31. The van der Waals surface area contributed by atoms with Crippen LogP contribution in [0.3, 0.4) is 0 Å². The number of amides is 1. The first-order chi connectivity index (χ1) is 13.8. The standard InChI is InChI=1S/C19H25ClN4O3S2/c1-3-10-24(16-9-11-29(26,27)13-16)17(25)12-28-19-22-21-18(23(19)4-2)14-5-7-15(20)8-6-14/h5-8,16H,3-4,9-13H2,1-2H3. The minimum absolute atomic E-state index is 0.0577. The van der Waals surface area contributed by atoms with Gasteiger partial charge in [0, 0.05) is 29.7 Å². The molecule has 0 radical (unpaired) electrons. The molecule has 0 saturated carbocycles. The number of carbonyl (C=O) groups excluding carboxylic acids is 1. The van der Waals surface area contributed by atoms with Crippen LogP contribution in [0.15, 0.2) is 29.4 Å². The fraction of sp³-hybridized carbons (Fsp3) is 0.526. The Labute approximate surface area is 180 Å². The van der Waals surface area contributed by atoms with Crippen molar-refractivity contribution in [3.63, 3.8) is 0 Å². The Morgan fingerprint density at radius 1 is 1.28 bits per heavy atom. The highest BCUT2D eigenvalue weighted by Crippen LogP contribution is 2.26. The third kappa shape index (κ3) is 5.32. The van der Waals surface area contributed by atoms with E-state index in [-0.39, 0.29) is 29.2 Å². The van der Waals surface area contributed by atoms with E-state index in [2.05, 4.69) is 10.2 Å². The monoisotopic (exact) mass is 456 g/mol. The van der Waals surface area contributed by atoms with Crippen LogP contribution < -0.4 is 0 Å². The van der Waals surface area contributed by atoms with Crippen molar-refractivity contribution < 1.29 is 13.2 Å². The largest absolute Gasteiger partial charge is 0.338 e. The highest BCUT2D eigenvalue weighted by molar-refractivity contribution is 7.99. The number of hydrogen-bond acceptors (Lipinski definition) is 6. The molecule has 1 fully saturated rings. The van der Waals surface area contributed by atoms with Gasteiger partial charge in [0.2, 0.25) is 5.91 Å². The van der Waals surface area contributed by atoms with Gasteiger partial charge in [-0.25, -0.2) is 8.42 Å². The molecule has 0 spiro atoms. The van der Waals surface area contributed by atoms with Gasteiger partial charge in [-0.05, 0) is 44.0 Å². The lowest BCUT2D eigenvalue weighted by atomic mass is 10.2. The van der Waals surface area contributed by atoms with Crippen molar-refractivity contribution in [2.75, 3.05) is 23.8 Å². The van der Waals surface area contributed by atoms with Crippen LogP contribution >= 0.6 is 23.4 Å². The summed E-state index contributed by atoms with van der Waals surface area (Å²) in [5, 5.41) is 9.87. The van der Waals surface area contributed by atoms with Crippen molar-refractivity contribution in [2.24, 2.45) is 0 Å². The molecule has 2 aromatic rings. The van der Waals surface area contributed by atoms with E-state index in [1.54, 1.807) is 17.0 Å². The van der Waals surface area contributed by atoms with Crippen LogP contribution in [0.2, 0.25) is 5.02 Å². The summed E-state index contributed by atoms with van der Waals surface area (Å²) in [7, 11) is -3.04. The van der Waals surface area contributed by atoms with Crippen LogP contribution in [0.25, 0.3) is 11.4 Å². The minimum atomic E-state index is -3.04. The number of halogens is 1. The second kappa shape index (κ2) is 9.49. The fourth-order valence-corrected chi connectivity index (χ4v) is 6.22. The molecule has 1 unspecified atom stereocenters. The average molecular weight is 457 g/mol. The van der Waals surface area contributed by atoms with Gasteiger partial charge in [0.1, 0.15) is 0 Å². The summed E-state index contributed by atoms with van der Waals surface area (Å²) < 4.78 is 25.6. The first-order valence-corrected chi connectivity index (χ1v) is 12.8. The predicted molar refractivity (Wildman–Crippen MR) is 116 cm³/mol. The normalized spacial score (nSPS) is 18.1. The Morgan fingerprint density at radius 2 is 2.00 bits per heavy atom. The lowest BCUT2D eigenvalue weighted by molar-refractivity contribution is -0.130. The molecule has 158 valence electrons. The van der Waals surface area contributed by atoms with Gasteiger partial charge in [0.15, 0.2) is 20.8 Å². The van der Waals surface area contributed by atoms with Gasteiger partial charge in [0.25, 0.3) is 0 Å². The zero-order valence-corrected chi connectivity index (χ0v) is 18.9. The number of rotatable bonds is 8. The molecule has 1 saturated heterocycles. The van der Waals surface area contributed by atoms with E-state index in [0.29, 0.717) is 29.7 Å². The molecule has 29 heavy (non-hydrogen) atoms. The summed E-state index contributed by atoms with van der Waals surface area (Å²) in [5.41, 5.74) is 0.908. The number of hydrogen-bond donors (Lipinski definition) is 0. The maximum atomic E-state index is 12.9. The molecule has 7 nitrogen and oxygen atoms in total. The lowest BCUT2D eigenvalue weighted by Gasteiger charge is -2.27. The molecule has 1 aromatic heterocycles. The molecule has 0 bridgehead atoms. The first kappa shape index (κ1) is 22.1. The highest BCUT2D eigenvalue weighted by atomic mass is 35.5.